The molecule has 33 heavy (non-hydrogen) atoms. The summed E-state index contributed by atoms with van der Waals surface area (Å²) in [7, 11) is 1.75. The lowest BCUT2D eigenvalue weighted by Gasteiger charge is -2.27. The van der Waals surface area contributed by atoms with Crippen LogP contribution in [0.2, 0.25) is 0 Å². The first-order chi connectivity index (χ1) is 15.8. The lowest BCUT2D eigenvalue weighted by molar-refractivity contribution is -0.116. The minimum atomic E-state index is -0.398. The highest BCUT2D eigenvalue weighted by molar-refractivity contribution is 7.98. The van der Waals surface area contributed by atoms with Crippen LogP contribution in [0.25, 0.3) is 0 Å². The number of rotatable bonds is 7. The van der Waals surface area contributed by atoms with Gasteiger partial charge in [-0.2, -0.15) is 4.98 Å². The van der Waals surface area contributed by atoms with Gasteiger partial charge in [-0.25, -0.2) is 4.39 Å². The van der Waals surface area contributed by atoms with Gasteiger partial charge in [-0.1, -0.05) is 55.9 Å². The van der Waals surface area contributed by atoms with Gasteiger partial charge in [0.05, 0.1) is 12.2 Å². The van der Waals surface area contributed by atoms with E-state index >= 15 is 0 Å². The second-order valence-corrected chi connectivity index (χ2v) is 9.42. The van der Waals surface area contributed by atoms with Gasteiger partial charge < -0.3 is 14.6 Å². The maximum atomic E-state index is 14.0. The van der Waals surface area contributed by atoms with E-state index in [0.29, 0.717) is 40.4 Å². The Balaban J connectivity index is 1.63. The fraction of sp³-hybridized carbons (Fsp3) is 0.320. The summed E-state index contributed by atoms with van der Waals surface area (Å²) >= 11 is 1.25. The molecule has 0 fully saturated rings. The highest BCUT2D eigenvalue weighted by Crippen LogP contribution is 2.36. The van der Waals surface area contributed by atoms with Crippen molar-refractivity contribution in [2.75, 3.05) is 11.9 Å². The van der Waals surface area contributed by atoms with Crippen molar-refractivity contribution in [3.8, 4) is 5.75 Å². The normalized spacial score (nSPS) is 15.3. The lowest BCUT2D eigenvalue weighted by Crippen LogP contribution is -2.33. The van der Waals surface area contributed by atoms with Gasteiger partial charge in [-0.05, 0) is 35.2 Å². The molecular formula is C25H26FN3O3S. The zero-order valence-corrected chi connectivity index (χ0v) is 19.6. The van der Waals surface area contributed by atoms with E-state index in [-0.39, 0.29) is 23.7 Å². The Morgan fingerprint density at radius 2 is 1.91 bits per heavy atom. The highest BCUT2D eigenvalue weighted by atomic mass is 32.2. The van der Waals surface area contributed by atoms with Crippen molar-refractivity contribution in [3.63, 3.8) is 0 Å². The smallest absolute Gasteiger partial charge is 0.279 e. The maximum Gasteiger partial charge on any atom is 0.279 e. The topological polar surface area (TPSA) is 73.2 Å². The van der Waals surface area contributed by atoms with Crippen molar-refractivity contribution in [3.05, 3.63) is 81.4 Å². The van der Waals surface area contributed by atoms with Gasteiger partial charge in [0.25, 0.3) is 5.56 Å². The zero-order chi connectivity index (χ0) is 23.5. The predicted octanol–water partition coefficient (Wildman–Crippen LogP) is 4.72. The summed E-state index contributed by atoms with van der Waals surface area (Å²) in [6.45, 7) is 4.78. The van der Waals surface area contributed by atoms with Crippen LogP contribution in [-0.4, -0.2) is 22.1 Å². The Labute approximate surface area is 196 Å². The number of hydrogen-bond donors (Lipinski definition) is 1. The minimum absolute atomic E-state index is 0.165. The molecule has 1 N–H and O–H groups in total. The number of nitrogens with zero attached hydrogens (tertiary/aromatic N) is 2. The number of nitrogens with one attached hydrogen (secondary N) is 1. The fourth-order valence-corrected chi connectivity index (χ4v) is 4.72. The number of benzene rings is 2. The molecule has 0 spiro atoms. The van der Waals surface area contributed by atoms with Gasteiger partial charge in [-0.3, -0.25) is 9.59 Å². The summed E-state index contributed by atoms with van der Waals surface area (Å²) < 4.78 is 21.4. The van der Waals surface area contributed by atoms with Gasteiger partial charge in [0.1, 0.15) is 17.4 Å². The van der Waals surface area contributed by atoms with Crippen molar-refractivity contribution in [1.29, 1.82) is 0 Å². The molecule has 1 atom stereocenters. The van der Waals surface area contributed by atoms with Crippen molar-refractivity contribution in [2.45, 2.75) is 37.1 Å². The Kier molecular flexibility index (Phi) is 6.83. The molecule has 6 nitrogen and oxygen atoms in total. The van der Waals surface area contributed by atoms with E-state index in [9.17, 15) is 14.0 Å². The minimum Gasteiger partial charge on any atom is -0.493 e. The Bertz CT molecular complexity index is 1220. The summed E-state index contributed by atoms with van der Waals surface area (Å²) in [5.41, 5.74) is 1.46. The number of aromatic nitrogens is 2. The molecule has 0 bridgehead atoms. The largest absolute Gasteiger partial charge is 0.493 e. The third-order valence-corrected chi connectivity index (χ3v) is 6.56. The second kappa shape index (κ2) is 9.79. The average molecular weight is 468 g/mol. The van der Waals surface area contributed by atoms with Crippen LogP contribution in [0, 0.1) is 11.7 Å². The second-order valence-electron chi connectivity index (χ2n) is 8.48. The lowest BCUT2D eigenvalue weighted by atomic mass is 9.87. The molecule has 172 valence electrons. The average Bonchev–Trinajstić information content (AvgIpc) is 2.79. The summed E-state index contributed by atoms with van der Waals surface area (Å²) in [6, 6.07) is 14.0. The highest BCUT2D eigenvalue weighted by Gasteiger charge is 2.32. The molecule has 0 unspecified atom stereocenters. The molecule has 3 aromatic rings. The Morgan fingerprint density at radius 1 is 1.18 bits per heavy atom. The number of fused-ring (bicyclic) bond motifs is 1. The molecule has 0 saturated heterocycles. The van der Waals surface area contributed by atoms with Crippen LogP contribution in [-0.2, 0) is 17.6 Å². The summed E-state index contributed by atoms with van der Waals surface area (Å²) in [6.07, 6.45) is 0.165. The molecule has 0 aliphatic carbocycles. The number of carbonyl (C=O) groups is 1. The van der Waals surface area contributed by atoms with Gasteiger partial charge in [0, 0.05) is 25.1 Å². The molecule has 4 rings (SSSR count). The predicted molar refractivity (Wildman–Crippen MR) is 127 cm³/mol. The molecule has 2 aromatic carbocycles. The fourth-order valence-electron chi connectivity index (χ4n) is 3.77. The van der Waals surface area contributed by atoms with Crippen LogP contribution >= 0.6 is 11.8 Å². The zero-order valence-electron chi connectivity index (χ0n) is 18.8. The Morgan fingerprint density at radius 3 is 2.61 bits per heavy atom. The van der Waals surface area contributed by atoms with Crippen molar-refractivity contribution >= 4 is 23.5 Å². The van der Waals surface area contributed by atoms with E-state index in [1.165, 1.54) is 17.8 Å². The number of halogens is 1. The van der Waals surface area contributed by atoms with Gasteiger partial charge >= 0.3 is 0 Å². The standard InChI is InChI=1S/C25H26FN3O3S/c1-15(2)13-32-18-10-8-16(9-11-18)19-12-21(30)27-23-22(19)24(31)28-25(29(23)3)33-14-17-6-4-5-7-20(17)26/h4-11,15,19H,12-14H2,1-3H3,(H,27,30)/t19-/m0/s1. The third-order valence-electron chi connectivity index (χ3n) is 5.48. The van der Waals surface area contributed by atoms with E-state index in [4.69, 9.17) is 4.74 Å². The molecule has 8 heteroatoms. The molecule has 0 saturated carbocycles. The first-order valence-electron chi connectivity index (χ1n) is 10.8. The van der Waals surface area contributed by atoms with Crippen LogP contribution in [0.5, 0.6) is 5.75 Å². The first kappa shape index (κ1) is 23.0. The van der Waals surface area contributed by atoms with Gasteiger partial charge in [0.15, 0.2) is 5.16 Å². The van der Waals surface area contributed by atoms with Crippen LogP contribution in [0.15, 0.2) is 58.5 Å². The molecule has 1 aromatic heterocycles. The van der Waals surface area contributed by atoms with Crippen molar-refractivity contribution in [1.82, 2.24) is 9.55 Å². The van der Waals surface area contributed by atoms with E-state index < -0.39 is 5.92 Å². The van der Waals surface area contributed by atoms with E-state index in [1.807, 2.05) is 24.3 Å². The first-order valence-corrected chi connectivity index (χ1v) is 11.8. The van der Waals surface area contributed by atoms with Crippen molar-refractivity contribution in [2.24, 2.45) is 13.0 Å². The number of ether oxygens (including phenoxy) is 1. The van der Waals surface area contributed by atoms with Crippen LogP contribution in [0.1, 0.15) is 42.9 Å². The summed E-state index contributed by atoms with van der Waals surface area (Å²) in [5, 5.41) is 3.25. The van der Waals surface area contributed by atoms with Crippen LogP contribution < -0.4 is 15.6 Å². The molecule has 0 radical (unpaired) electrons. The number of amides is 1. The number of hydrogen-bond acceptors (Lipinski definition) is 5. The number of thioether (sulfide) groups is 1. The van der Waals surface area contributed by atoms with Crippen LogP contribution in [0.3, 0.4) is 0 Å². The van der Waals surface area contributed by atoms with Gasteiger partial charge in [0.2, 0.25) is 5.91 Å². The third kappa shape index (κ3) is 5.11. The van der Waals surface area contributed by atoms with Crippen LogP contribution in [0.4, 0.5) is 10.2 Å². The van der Waals surface area contributed by atoms with Crippen molar-refractivity contribution < 1.29 is 13.9 Å². The molecule has 1 aliphatic heterocycles. The molecular weight excluding hydrogens is 441 g/mol. The maximum absolute atomic E-state index is 14.0. The number of anilines is 1. The monoisotopic (exact) mass is 467 g/mol. The quantitative estimate of drug-likeness (QED) is 0.402. The molecule has 1 amide bonds. The Hall–Kier alpha value is -3.13. The van der Waals surface area contributed by atoms with E-state index in [1.54, 1.807) is 29.8 Å². The van der Waals surface area contributed by atoms with E-state index in [2.05, 4.69) is 24.1 Å². The van der Waals surface area contributed by atoms with Gasteiger partial charge in [-0.15, -0.1) is 0 Å². The van der Waals surface area contributed by atoms with E-state index in [0.717, 1.165) is 11.3 Å². The molecule has 2 heterocycles. The summed E-state index contributed by atoms with van der Waals surface area (Å²) in [5.74, 6) is 1.05. The number of carbonyl (C=O) groups excluding carboxylic acids is 1. The summed E-state index contributed by atoms with van der Waals surface area (Å²) in [4.78, 5) is 29.9. The SMILES string of the molecule is CC(C)COc1ccc([C@@H]2CC(=O)Nc3c2c(=O)nc(SCc2ccccc2F)n3C)cc1. The molecule has 1 aliphatic rings.